The van der Waals surface area contributed by atoms with Crippen LogP contribution in [-0.2, 0) is 0 Å². The van der Waals surface area contributed by atoms with Crippen LogP contribution in [0.4, 0.5) is 0 Å². The summed E-state index contributed by atoms with van der Waals surface area (Å²) in [4.78, 5) is 24.7. The molecule has 1 aromatic heterocycles. The fourth-order valence-corrected chi connectivity index (χ4v) is 2.79. The van der Waals surface area contributed by atoms with Crippen LogP contribution in [0.5, 0.6) is 11.5 Å². The molecule has 0 spiro atoms. The highest BCUT2D eigenvalue weighted by atomic mass is 16.5. The molecule has 0 aliphatic rings. The van der Waals surface area contributed by atoms with Gasteiger partial charge in [0, 0.05) is 23.0 Å². The third-order valence-electron chi connectivity index (χ3n) is 4.38. The Balaban J connectivity index is 1.61. The van der Waals surface area contributed by atoms with Gasteiger partial charge in [-0.15, -0.1) is 0 Å². The predicted molar refractivity (Wildman–Crippen MR) is 112 cm³/mol. The zero-order chi connectivity index (χ0) is 21.5. The Morgan fingerprint density at radius 3 is 2.23 bits per heavy atom. The van der Waals surface area contributed by atoms with Gasteiger partial charge in [-0.05, 0) is 61.9 Å². The van der Waals surface area contributed by atoms with Gasteiger partial charge in [-0.3, -0.25) is 20.4 Å². The van der Waals surface area contributed by atoms with Crippen LogP contribution in [0.15, 0.2) is 54.7 Å². The van der Waals surface area contributed by atoms with Crippen LogP contribution in [0, 0.1) is 6.92 Å². The number of rotatable bonds is 7. The fourth-order valence-electron chi connectivity index (χ4n) is 2.79. The van der Waals surface area contributed by atoms with Crippen LogP contribution < -0.4 is 20.3 Å². The summed E-state index contributed by atoms with van der Waals surface area (Å²) < 4.78 is 12.6. The van der Waals surface area contributed by atoms with Crippen LogP contribution in [0.3, 0.4) is 0 Å². The molecule has 0 saturated carbocycles. The van der Waals surface area contributed by atoms with Crippen LogP contribution in [0.1, 0.15) is 39.8 Å². The van der Waals surface area contributed by atoms with Gasteiger partial charge in [-0.1, -0.05) is 6.92 Å². The van der Waals surface area contributed by atoms with Crippen molar-refractivity contribution < 1.29 is 19.1 Å². The Kier molecular flexibility index (Phi) is 6.69. The largest absolute Gasteiger partial charge is 0.493 e. The number of hydrogen-bond donors (Lipinski definition) is 2. The van der Waals surface area contributed by atoms with Crippen molar-refractivity contribution in [1.82, 2.24) is 20.6 Å². The number of carbonyl (C=O) groups is 2. The standard InChI is InChI=1S/C22H24N4O4/c1-4-13-30-19-10-7-17(14-20(19)29-3)22(28)25-24-21(27)16-5-8-18(9-6-16)26-15(2)11-12-23-26/h5-12,14H,4,13H2,1-3H3,(H,24,27)(H,25,28). The van der Waals surface area contributed by atoms with E-state index < -0.39 is 11.8 Å². The van der Waals surface area contributed by atoms with E-state index in [1.54, 1.807) is 53.3 Å². The number of nitrogens with one attached hydrogen (secondary N) is 2. The average molecular weight is 408 g/mol. The fraction of sp³-hybridized carbons (Fsp3) is 0.227. The van der Waals surface area contributed by atoms with Crippen molar-refractivity contribution >= 4 is 11.8 Å². The smallest absolute Gasteiger partial charge is 0.269 e. The molecule has 8 heteroatoms. The third-order valence-corrected chi connectivity index (χ3v) is 4.38. The lowest BCUT2D eigenvalue weighted by molar-refractivity contribution is 0.0846. The number of nitrogens with zero attached hydrogens (tertiary/aromatic N) is 2. The van der Waals surface area contributed by atoms with Gasteiger partial charge in [0.05, 0.1) is 19.4 Å². The minimum atomic E-state index is -0.465. The highest BCUT2D eigenvalue weighted by Gasteiger charge is 2.13. The number of benzene rings is 2. The monoisotopic (exact) mass is 408 g/mol. The van der Waals surface area contributed by atoms with Gasteiger partial charge in [0.1, 0.15) is 0 Å². The van der Waals surface area contributed by atoms with Crippen molar-refractivity contribution in [3.05, 3.63) is 71.5 Å². The first-order chi connectivity index (χ1) is 14.5. The van der Waals surface area contributed by atoms with E-state index in [4.69, 9.17) is 9.47 Å². The number of aromatic nitrogens is 2. The quantitative estimate of drug-likeness (QED) is 0.586. The van der Waals surface area contributed by atoms with Gasteiger partial charge >= 0.3 is 0 Å². The summed E-state index contributed by atoms with van der Waals surface area (Å²) in [5.41, 5.74) is 7.40. The van der Waals surface area contributed by atoms with Crippen LogP contribution in [0.2, 0.25) is 0 Å². The van der Waals surface area contributed by atoms with Crippen molar-refractivity contribution in [2.24, 2.45) is 0 Å². The molecule has 0 saturated heterocycles. The molecular weight excluding hydrogens is 384 g/mol. The number of hydrogen-bond acceptors (Lipinski definition) is 5. The van der Waals surface area contributed by atoms with E-state index >= 15 is 0 Å². The summed E-state index contributed by atoms with van der Waals surface area (Å²) in [6.07, 6.45) is 2.57. The molecule has 0 atom stereocenters. The van der Waals surface area contributed by atoms with E-state index in [0.717, 1.165) is 17.8 Å². The first kappa shape index (κ1) is 20.9. The zero-order valence-electron chi connectivity index (χ0n) is 17.1. The highest BCUT2D eigenvalue weighted by Crippen LogP contribution is 2.28. The summed E-state index contributed by atoms with van der Waals surface area (Å²) in [5.74, 6) is 0.119. The van der Waals surface area contributed by atoms with E-state index in [-0.39, 0.29) is 0 Å². The molecule has 0 fully saturated rings. The molecule has 0 radical (unpaired) electrons. The Hall–Kier alpha value is -3.81. The second-order valence-corrected chi connectivity index (χ2v) is 6.55. The molecule has 0 unspecified atom stereocenters. The third kappa shape index (κ3) is 4.78. The molecule has 3 aromatic rings. The maximum atomic E-state index is 12.4. The molecule has 3 rings (SSSR count). The minimum Gasteiger partial charge on any atom is -0.493 e. The summed E-state index contributed by atoms with van der Waals surface area (Å²) >= 11 is 0. The highest BCUT2D eigenvalue weighted by molar-refractivity contribution is 5.99. The van der Waals surface area contributed by atoms with E-state index in [0.29, 0.717) is 29.2 Å². The van der Waals surface area contributed by atoms with Crippen LogP contribution in [-0.4, -0.2) is 35.3 Å². The van der Waals surface area contributed by atoms with Crippen LogP contribution in [0.25, 0.3) is 5.69 Å². The summed E-state index contributed by atoms with van der Waals surface area (Å²) in [6, 6.07) is 13.6. The van der Waals surface area contributed by atoms with Gasteiger partial charge in [-0.2, -0.15) is 5.10 Å². The molecule has 30 heavy (non-hydrogen) atoms. The molecule has 0 bridgehead atoms. The van der Waals surface area contributed by atoms with Crippen LogP contribution >= 0.6 is 0 Å². The lowest BCUT2D eigenvalue weighted by Crippen LogP contribution is -2.41. The Morgan fingerprint density at radius 1 is 0.967 bits per heavy atom. The molecule has 8 nitrogen and oxygen atoms in total. The second kappa shape index (κ2) is 9.60. The number of carbonyl (C=O) groups excluding carboxylic acids is 2. The Morgan fingerprint density at radius 2 is 1.63 bits per heavy atom. The molecule has 2 N–H and O–H groups in total. The topological polar surface area (TPSA) is 94.5 Å². The SMILES string of the molecule is CCCOc1ccc(C(=O)NNC(=O)c2ccc(-n3nccc3C)cc2)cc1OC. The maximum Gasteiger partial charge on any atom is 0.269 e. The Bertz CT molecular complexity index is 1030. The summed E-state index contributed by atoms with van der Waals surface area (Å²) in [7, 11) is 1.51. The predicted octanol–water partition coefficient (Wildman–Crippen LogP) is 3.05. The lowest BCUT2D eigenvalue weighted by Gasteiger charge is -2.12. The summed E-state index contributed by atoms with van der Waals surface area (Å²) in [6.45, 7) is 4.50. The molecule has 0 aliphatic heterocycles. The van der Waals surface area contributed by atoms with Crippen molar-refractivity contribution in [2.75, 3.05) is 13.7 Å². The second-order valence-electron chi connectivity index (χ2n) is 6.55. The van der Waals surface area contributed by atoms with Crippen molar-refractivity contribution in [3.8, 4) is 17.2 Å². The number of amides is 2. The van der Waals surface area contributed by atoms with Crippen molar-refractivity contribution in [1.29, 1.82) is 0 Å². The molecule has 2 amide bonds. The normalized spacial score (nSPS) is 10.4. The van der Waals surface area contributed by atoms with Crippen molar-refractivity contribution in [2.45, 2.75) is 20.3 Å². The van der Waals surface area contributed by atoms with Gasteiger partial charge in [-0.25, -0.2) is 4.68 Å². The number of methoxy groups -OCH3 is 1. The molecule has 0 aliphatic carbocycles. The first-order valence-electron chi connectivity index (χ1n) is 9.56. The minimum absolute atomic E-state index is 0.334. The molecule has 2 aromatic carbocycles. The van der Waals surface area contributed by atoms with Gasteiger partial charge < -0.3 is 9.47 Å². The number of aryl methyl sites for hydroxylation is 1. The average Bonchev–Trinajstić information content (AvgIpc) is 3.21. The van der Waals surface area contributed by atoms with Gasteiger partial charge in [0.2, 0.25) is 0 Å². The van der Waals surface area contributed by atoms with E-state index in [1.165, 1.54) is 7.11 Å². The van der Waals surface area contributed by atoms with E-state index in [9.17, 15) is 9.59 Å². The van der Waals surface area contributed by atoms with Gasteiger partial charge in [0.15, 0.2) is 11.5 Å². The molecule has 156 valence electrons. The maximum absolute atomic E-state index is 12.4. The zero-order valence-corrected chi connectivity index (χ0v) is 17.1. The number of hydrazine groups is 1. The number of ether oxygens (including phenoxy) is 2. The molecule has 1 heterocycles. The van der Waals surface area contributed by atoms with Crippen molar-refractivity contribution in [3.63, 3.8) is 0 Å². The first-order valence-corrected chi connectivity index (χ1v) is 9.56. The van der Waals surface area contributed by atoms with Gasteiger partial charge in [0.25, 0.3) is 11.8 Å². The summed E-state index contributed by atoms with van der Waals surface area (Å²) in [5, 5.41) is 4.23. The van der Waals surface area contributed by atoms with E-state index in [2.05, 4.69) is 16.0 Å². The molecular formula is C22H24N4O4. The van der Waals surface area contributed by atoms with E-state index in [1.807, 2.05) is 19.9 Å². The lowest BCUT2D eigenvalue weighted by atomic mass is 10.2. The Labute approximate surface area is 174 Å².